The van der Waals surface area contributed by atoms with Crippen molar-refractivity contribution in [1.29, 1.82) is 0 Å². The third-order valence-electron chi connectivity index (χ3n) is 2.14. The van der Waals surface area contributed by atoms with Crippen LogP contribution in [0.15, 0.2) is 18.2 Å². The first-order valence-electron chi connectivity index (χ1n) is 5.12. The Labute approximate surface area is 114 Å². The lowest BCUT2D eigenvalue weighted by atomic mass is 10.2. The van der Waals surface area contributed by atoms with Gasteiger partial charge in [-0.05, 0) is 24.4 Å². The quantitative estimate of drug-likeness (QED) is 0.361. The Balaban J connectivity index is 3.15. The van der Waals surface area contributed by atoms with Crippen molar-refractivity contribution < 1.29 is 19.2 Å². The summed E-state index contributed by atoms with van der Waals surface area (Å²) in [4.78, 5) is 23.1. The highest BCUT2D eigenvalue weighted by Gasteiger charge is 2.20. The van der Waals surface area contributed by atoms with Crippen molar-refractivity contribution in [2.75, 3.05) is 21.2 Å². The second kappa shape index (κ2) is 6.10. The third-order valence-corrected chi connectivity index (χ3v) is 2.59. The van der Waals surface area contributed by atoms with E-state index >= 15 is 0 Å². The summed E-state index contributed by atoms with van der Waals surface area (Å²) in [6.07, 6.45) is 0. The fraction of sp³-hybridized carbons (Fsp3) is 0.273. The van der Waals surface area contributed by atoms with Crippen LogP contribution in [0.5, 0.6) is 5.75 Å². The fourth-order valence-electron chi connectivity index (χ4n) is 1.18. The molecule has 0 fully saturated rings. The molecule has 0 bridgehead atoms. The first-order valence-corrected chi connectivity index (χ1v) is 5.53. The van der Waals surface area contributed by atoms with Crippen LogP contribution >= 0.6 is 12.2 Å². The summed E-state index contributed by atoms with van der Waals surface area (Å²) in [5, 5.41) is 11.0. The minimum atomic E-state index is -0.662. The lowest BCUT2D eigenvalue weighted by molar-refractivity contribution is -0.385. The summed E-state index contributed by atoms with van der Waals surface area (Å²) in [6, 6.07) is 3.76. The number of hydrogen-bond acceptors (Lipinski definition) is 6. The van der Waals surface area contributed by atoms with Gasteiger partial charge in [0.2, 0.25) is 5.75 Å². The maximum Gasteiger partial charge on any atom is 0.338 e. The SMILES string of the molecule is COC(=O)c1ccc(OC(=S)N(C)C)c([N+](=O)[O-])c1. The zero-order valence-electron chi connectivity index (χ0n) is 10.6. The molecular weight excluding hydrogens is 272 g/mol. The summed E-state index contributed by atoms with van der Waals surface area (Å²) in [5.41, 5.74) is -0.288. The number of methoxy groups -OCH3 is 1. The standard InChI is InChI=1S/C11H12N2O5S/c1-12(2)11(19)18-9-5-4-7(10(14)17-3)6-8(9)13(15)16/h4-6H,1-3H3. The molecule has 0 N–H and O–H groups in total. The van der Waals surface area contributed by atoms with Crippen molar-refractivity contribution in [3.05, 3.63) is 33.9 Å². The lowest BCUT2D eigenvalue weighted by Gasteiger charge is -2.14. The first kappa shape index (κ1) is 14.8. The van der Waals surface area contributed by atoms with Crippen molar-refractivity contribution in [2.24, 2.45) is 0 Å². The van der Waals surface area contributed by atoms with Crippen LogP contribution in [0.3, 0.4) is 0 Å². The zero-order valence-corrected chi connectivity index (χ0v) is 11.4. The molecule has 1 rings (SSSR count). The molecule has 19 heavy (non-hydrogen) atoms. The van der Waals surface area contributed by atoms with E-state index in [1.807, 2.05) is 0 Å². The van der Waals surface area contributed by atoms with E-state index in [1.54, 1.807) is 14.1 Å². The summed E-state index contributed by atoms with van der Waals surface area (Å²) in [6.45, 7) is 0. The van der Waals surface area contributed by atoms with E-state index in [2.05, 4.69) is 4.74 Å². The molecule has 0 atom stereocenters. The van der Waals surface area contributed by atoms with E-state index in [0.717, 1.165) is 6.07 Å². The molecule has 0 aliphatic rings. The molecule has 8 heteroatoms. The van der Waals surface area contributed by atoms with Crippen molar-refractivity contribution in [3.8, 4) is 5.75 Å². The minimum absolute atomic E-state index is 0.0312. The van der Waals surface area contributed by atoms with Crippen molar-refractivity contribution in [2.45, 2.75) is 0 Å². The monoisotopic (exact) mass is 284 g/mol. The number of rotatable bonds is 3. The molecule has 0 aliphatic carbocycles. The van der Waals surface area contributed by atoms with Gasteiger partial charge in [0.1, 0.15) is 0 Å². The number of nitro benzene ring substituents is 1. The molecular formula is C11H12N2O5S. The second-order valence-corrected chi connectivity index (χ2v) is 4.04. The molecule has 0 spiro atoms. The maximum atomic E-state index is 11.3. The number of hydrogen-bond donors (Lipinski definition) is 0. The molecule has 0 aromatic heterocycles. The highest BCUT2D eigenvalue weighted by molar-refractivity contribution is 7.80. The molecule has 7 nitrogen and oxygen atoms in total. The molecule has 0 aliphatic heterocycles. The average molecular weight is 284 g/mol. The van der Waals surface area contributed by atoms with E-state index in [0.29, 0.717) is 0 Å². The zero-order chi connectivity index (χ0) is 14.6. The molecule has 1 aromatic carbocycles. The molecule has 0 unspecified atom stereocenters. The van der Waals surface area contributed by atoms with Gasteiger partial charge < -0.3 is 14.4 Å². The van der Waals surface area contributed by atoms with E-state index < -0.39 is 10.9 Å². The number of thiocarbonyl (C=S) groups is 1. The van der Waals surface area contributed by atoms with Gasteiger partial charge in [0.25, 0.3) is 5.17 Å². The largest absolute Gasteiger partial charge is 0.465 e. The number of esters is 1. The predicted molar refractivity (Wildman–Crippen MR) is 71.3 cm³/mol. The van der Waals surface area contributed by atoms with Gasteiger partial charge in [-0.15, -0.1) is 0 Å². The average Bonchev–Trinajstić information content (AvgIpc) is 2.37. The minimum Gasteiger partial charge on any atom is -0.465 e. The Hall–Kier alpha value is -2.22. The third kappa shape index (κ3) is 3.62. The van der Waals surface area contributed by atoms with E-state index in [9.17, 15) is 14.9 Å². The van der Waals surface area contributed by atoms with Gasteiger partial charge in [-0.1, -0.05) is 0 Å². The van der Waals surface area contributed by atoms with Crippen molar-refractivity contribution in [1.82, 2.24) is 4.90 Å². The summed E-state index contributed by atoms with van der Waals surface area (Å²) < 4.78 is 9.69. The Morgan fingerprint density at radius 1 is 1.42 bits per heavy atom. The molecule has 0 saturated carbocycles. The molecule has 1 aromatic rings. The number of carbonyl (C=O) groups excluding carboxylic acids is 1. The van der Waals surface area contributed by atoms with Crippen LogP contribution in [0.1, 0.15) is 10.4 Å². The van der Waals surface area contributed by atoms with Gasteiger partial charge in [-0.2, -0.15) is 0 Å². The highest BCUT2D eigenvalue weighted by atomic mass is 32.1. The number of ether oxygens (including phenoxy) is 2. The highest BCUT2D eigenvalue weighted by Crippen LogP contribution is 2.28. The van der Waals surface area contributed by atoms with Crippen molar-refractivity contribution >= 4 is 29.0 Å². The summed E-state index contributed by atoms with van der Waals surface area (Å²) in [5.74, 6) is -0.693. The Morgan fingerprint density at radius 2 is 2.05 bits per heavy atom. The second-order valence-electron chi connectivity index (χ2n) is 3.69. The van der Waals surface area contributed by atoms with Crippen LogP contribution in [0, 0.1) is 10.1 Å². The Kier molecular flexibility index (Phi) is 4.76. The van der Waals surface area contributed by atoms with E-state index in [1.165, 1.54) is 24.1 Å². The smallest absolute Gasteiger partial charge is 0.338 e. The summed E-state index contributed by atoms with van der Waals surface area (Å²) >= 11 is 4.90. The van der Waals surface area contributed by atoms with Crippen LogP contribution in [-0.2, 0) is 4.74 Å². The predicted octanol–water partition coefficient (Wildman–Crippen LogP) is 1.61. The molecule has 102 valence electrons. The van der Waals surface area contributed by atoms with Crippen LogP contribution in [0.25, 0.3) is 0 Å². The van der Waals surface area contributed by atoms with Gasteiger partial charge in [-0.3, -0.25) is 10.1 Å². The topological polar surface area (TPSA) is 81.9 Å². The lowest BCUT2D eigenvalue weighted by Crippen LogP contribution is -2.25. The van der Waals surface area contributed by atoms with Gasteiger partial charge in [0.15, 0.2) is 0 Å². The van der Waals surface area contributed by atoms with Gasteiger partial charge >= 0.3 is 11.7 Å². The van der Waals surface area contributed by atoms with Crippen LogP contribution in [0.2, 0.25) is 0 Å². The van der Waals surface area contributed by atoms with Crippen LogP contribution in [0.4, 0.5) is 5.69 Å². The van der Waals surface area contributed by atoms with Crippen LogP contribution < -0.4 is 4.74 Å². The van der Waals surface area contributed by atoms with Gasteiger partial charge in [0.05, 0.1) is 17.6 Å². The van der Waals surface area contributed by atoms with E-state index in [4.69, 9.17) is 17.0 Å². The fourth-order valence-corrected chi connectivity index (χ4v) is 1.27. The van der Waals surface area contributed by atoms with Gasteiger partial charge in [-0.25, -0.2) is 4.79 Å². The molecule has 0 radical (unpaired) electrons. The van der Waals surface area contributed by atoms with Gasteiger partial charge in [0, 0.05) is 20.2 Å². The van der Waals surface area contributed by atoms with E-state index in [-0.39, 0.29) is 22.2 Å². The Bertz CT molecular complexity index is 530. The Morgan fingerprint density at radius 3 is 2.53 bits per heavy atom. The molecule has 0 saturated heterocycles. The number of carbonyl (C=O) groups is 1. The normalized spacial score (nSPS) is 9.63. The molecule has 0 heterocycles. The van der Waals surface area contributed by atoms with Crippen LogP contribution in [-0.4, -0.2) is 42.2 Å². The molecule has 0 amide bonds. The number of benzene rings is 1. The first-order chi connectivity index (χ1) is 8.86. The number of nitro groups is 1. The summed E-state index contributed by atoms with van der Waals surface area (Å²) in [7, 11) is 4.49. The number of nitrogens with zero attached hydrogens (tertiary/aromatic N) is 2. The van der Waals surface area contributed by atoms with Crippen molar-refractivity contribution in [3.63, 3.8) is 0 Å². The maximum absolute atomic E-state index is 11.3.